The van der Waals surface area contributed by atoms with Gasteiger partial charge in [0, 0.05) is 26.8 Å². The average molecular weight is 365 g/mol. The van der Waals surface area contributed by atoms with E-state index in [4.69, 9.17) is 10.7 Å². The lowest BCUT2D eigenvalue weighted by Crippen LogP contribution is -2.16. The number of nitrogens with zero attached hydrogens (tertiary/aromatic N) is 8. The number of amides is 1. The first-order valence-electron chi connectivity index (χ1n) is 8.47. The van der Waals surface area contributed by atoms with Gasteiger partial charge in [-0.25, -0.2) is 15.0 Å². The Balaban J connectivity index is 1.94. The summed E-state index contributed by atoms with van der Waals surface area (Å²) in [7, 11) is 3.62. The van der Waals surface area contributed by atoms with Crippen molar-refractivity contribution in [3.05, 3.63) is 30.0 Å². The zero-order valence-electron chi connectivity index (χ0n) is 15.5. The zero-order chi connectivity index (χ0) is 19.3. The molecule has 0 saturated heterocycles. The van der Waals surface area contributed by atoms with Crippen LogP contribution in [0.15, 0.2) is 18.5 Å². The lowest BCUT2D eigenvalue weighted by molar-refractivity contribution is 0.0991. The SMILES string of the molecule is CCn1nc(C)cc1-c1cn(C)c(-c2nc(C(N)=O)nc3c2cnn3C)n1. The Kier molecular flexibility index (Phi) is 3.76. The molecule has 10 heteroatoms. The normalized spacial score (nSPS) is 11.4. The van der Waals surface area contributed by atoms with Gasteiger partial charge in [-0.3, -0.25) is 14.2 Å². The van der Waals surface area contributed by atoms with E-state index < -0.39 is 5.91 Å². The quantitative estimate of drug-likeness (QED) is 0.577. The molecule has 0 aromatic carbocycles. The highest BCUT2D eigenvalue weighted by atomic mass is 16.1. The number of aromatic nitrogens is 8. The summed E-state index contributed by atoms with van der Waals surface area (Å²) in [5.41, 5.74) is 9.06. The molecule has 0 unspecified atom stereocenters. The predicted octanol–water partition coefficient (Wildman–Crippen LogP) is 1.05. The zero-order valence-corrected chi connectivity index (χ0v) is 15.5. The molecule has 0 bridgehead atoms. The first-order chi connectivity index (χ1) is 12.9. The molecule has 4 aromatic rings. The maximum atomic E-state index is 11.7. The Morgan fingerprint density at radius 3 is 2.70 bits per heavy atom. The van der Waals surface area contributed by atoms with Crippen molar-refractivity contribution in [3.63, 3.8) is 0 Å². The van der Waals surface area contributed by atoms with Gasteiger partial charge in [-0.2, -0.15) is 10.2 Å². The number of aryl methyl sites for hydroxylation is 4. The lowest BCUT2D eigenvalue weighted by Gasteiger charge is -2.04. The van der Waals surface area contributed by atoms with Crippen LogP contribution in [-0.4, -0.2) is 45.0 Å². The van der Waals surface area contributed by atoms with E-state index in [-0.39, 0.29) is 5.82 Å². The number of carbonyl (C=O) groups is 1. The summed E-state index contributed by atoms with van der Waals surface area (Å²) >= 11 is 0. The molecule has 0 radical (unpaired) electrons. The Hall–Kier alpha value is -3.56. The number of primary amides is 1. The van der Waals surface area contributed by atoms with E-state index in [9.17, 15) is 4.79 Å². The summed E-state index contributed by atoms with van der Waals surface area (Å²) < 4.78 is 5.33. The highest BCUT2D eigenvalue weighted by molar-refractivity contribution is 5.95. The molecular formula is C17H19N9O. The fourth-order valence-electron chi connectivity index (χ4n) is 3.11. The third kappa shape index (κ3) is 2.65. The second-order valence-electron chi connectivity index (χ2n) is 6.31. The maximum absolute atomic E-state index is 11.7. The first-order valence-corrected chi connectivity index (χ1v) is 8.47. The number of rotatable bonds is 4. The number of nitrogens with two attached hydrogens (primary N) is 1. The van der Waals surface area contributed by atoms with E-state index in [0.29, 0.717) is 22.6 Å². The van der Waals surface area contributed by atoms with Gasteiger partial charge in [0.25, 0.3) is 5.91 Å². The minimum absolute atomic E-state index is 0.0694. The molecule has 0 saturated carbocycles. The number of carbonyl (C=O) groups excluding carboxylic acids is 1. The number of hydrogen-bond acceptors (Lipinski definition) is 6. The molecule has 138 valence electrons. The summed E-state index contributed by atoms with van der Waals surface area (Å²) in [5, 5.41) is 9.39. The van der Waals surface area contributed by atoms with E-state index in [1.54, 1.807) is 17.9 Å². The third-order valence-corrected chi connectivity index (χ3v) is 4.36. The number of imidazole rings is 1. The van der Waals surface area contributed by atoms with Gasteiger partial charge in [0.05, 0.1) is 23.0 Å². The van der Waals surface area contributed by atoms with Gasteiger partial charge in [-0.05, 0) is 19.9 Å². The van der Waals surface area contributed by atoms with Gasteiger partial charge in [-0.15, -0.1) is 0 Å². The van der Waals surface area contributed by atoms with Crippen molar-refractivity contribution in [1.29, 1.82) is 0 Å². The van der Waals surface area contributed by atoms with Gasteiger partial charge in [0.2, 0.25) is 5.82 Å². The molecule has 0 aliphatic heterocycles. The maximum Gasteiger partial charge on any atom is 0.286 e. The second kappa shape index (κ2) is 6.01. The molecule has 4 heterocycles. The van der Waals surface area contributed by atoms with Crippen LogP contribution in [0.3, 0.4) is 0 Å². The molecule has 0 aliphatic rings. The van der Waals surface area contributed by atoms with E-state index in [1.807, 2.05) is 42.4 Å². The predicted molar refractivity (Wildman–Crippen MR) is 98.7 cm³/mol. The van der Waals surface area contributed by atoms with E-state index in [0.717, 1.165) is 23.6 Å². The summed E-state index contributed by atoms with van der Waals surface area (Å²) in [4.78, 5) is 25.0. The van der Waals surface area contributed by atoms with E-state index in [2.05, 4.69) is 20.2 Å². The van der Waals surface area contributed by atoms with Crippen molar-refractivity contribution in [2.45, 2.75) is 20.4 Å². The smallest absolute Gasteiger partial charge is 0.286 e. The molecule has 0 atom stereocenters. The van der Waals surface area contributed by atoms with Crippen LogP contribution in [0, 0.1) is 6.92 Å². The molecule has 1 amide bonds. The van der Waals surface area contributed by atoms with Crippen LogP contribution in [-0.2, 0) is 20.6 Å². The topological polar surface area (TPSA) is 122 Å². The van der Waals surface area contributed by atoms with Crippen LogP contribution in [0.5, 0.6) is 0 Å². The molecule has 4 aromatic heterocycles. The molecule has 0 spiro atoms. The highest BCUT2D eigenvalue weighted by Gasteiger charge is 2.21. The first kappa shape index (κ1) is 16.9. The fraction of sp³-hybridized carbons (Fsp3) is 0.294. The van der Waals surface area contributed by atoms with Crippen LogP contribution >= 0.6 is 0 Å². The minimum Gasteiger partial charge on any atom is -0.363 e. The lowest BCUT2D eigenvalue weighted by atomic mass is 10.2. The van der Waals surface area contributed by atoms with E-state index in [1.165, 1.54) is 0 Å². The molecule has 10 nitrogen and oxygen atoms in total. The van der Waals surface area contributed by atoms with Crippen molar-refractivity contribution >= 4 is 16.9 Å². The largest absolute Gasteiger partial charge is 0.363 e. The van der Waals surface area contributed by atoms with Crippen molar-refractivity contribution in [2.24, 2.45) is 19.8 Å². The van der Waals surface area contributed by atoms with E-state index >= 15 is 0 Å². The van der Waals surface area contributed by atoms with Crippen LogP contribution in [0.2, 0.25) is 0 Å². The number of fused-ring (bicyclic) bond motifs is 1. The van der Waals surface area contributed by atoms with Crippen molar-refractivity contribution in [1.82, 2.24) is 39.1 Å². The average Bonchev–Trinajstić information content (AvgIpc) is 3.31. The van der Waals surface area contributed by atoms with Crippen molar-refractivity contribution < 1.29 is 4.79 Å². The minimum atomic E-state index is -0.700. The molecule has 0 fully saturated rings. The second-order valence-corrected chi connectivity index (χ2v) is 6.31. The fourth-order valence-corrected chi connectivity index (χ4v) is 3.11. The highest BCUT2D eigenvalue weighted by Crippen LogP contribution is 2.28. The molecule has 0 aliphatic carbocycles. The monoisotopic (exact) mass is 365 g/mol. The summed E-state index contributed by atoms with van der Waals surface area (Å²) in [5.74, 6) is -0.178. The molecule has 27 heavy (non-hydrogen) atoms. The Morgan fingerprint density at radius 1 is 1.22 bits per heavy atom. The van der Waals surface area contributed by atoms with Gasteiger partial charge in [-0.1, -0.05) is 0 Å². The molecule has 2 N–H and O–H groups in total. The summed E-state index contributed by atoms with van der Waals surface area (Å²) in [6, 6.07) is 1.99. The Labute approximate surface area is 154 Å². The van der Waals surface area contributed by atoms with Crippen molar-refractivity contribution in [3.8, 4) is 22.9 Å². The van der Waals surface area contributed by atoms with Gasteiger partial charge >= 0.3 is 0 Å². The van der Waals surface area contributed by atoms with Crippen LogP contribution in [0.1, 0.15) is 23.2 Å². The Morgan fingerprint density at radius 2 is 2.00 bits per heavy atom. The summed E-state index contributed by atoms with van der Waals surface area (Å²) in [6.07, 6.45) is 3.57. The van der Waals surface area contributed by atoms with Crippen LogP contribution < -0.4 is 5.73 Å². The molecule has 4 rings (SSSR count). The van der Waals surface area contributed by atoms with Crippen LogP contribution in [0.4, 0.5) is 0 Å². The standard InChI is InChI=1S/C17H19N9O/c1-5-26-12(6-9(2)23-26)11-8-24(3)17(20-11)13-10-7-19-25(4)16(10)22-15(21-13)14(18)27/h6-8H,5H2,1-4H3,(H2,18,27). The van der Waals surface area contributed by atoms with Crippen LogP contribution in [0.25, 0.3) is 33.9 Å². The summed E-state index contributed by atoms with van der Waals surface area (Å²) in [6.45, 7) is 4.71. The van der Waals surface area contributed by atoms with Gasteiger partial charge in [0.15, 0.2) is 11.5 Å². The number of hydrogen-bond donors (Lipinski definition) is 1. The third-order valence-electron chi connectivity index (χ3n) is 4.36. The van der Waals surface area contributed by atoms with Gasteiger partial charge in [0.1, 0.15) is 11.4 Å². The Bertz CT molecular complexity index is 1180. The van der Waals surface area contributed by atoms with Crippen molar-refractivity contribution in [2.75, 3.05) is 0 Å². The van der Waals surface area contributed by atoms with Gasteiger partial charge < -0.3 is 10.3 Å². The molecular weight excluding hydrogens is 346 g/mol.